The van der Waals surface area contributed by atoms with Crippen LogP contribution in [-0.4, -0.2) is 41.9 Å². The van der Waals surface area contributed by atoms with Crippen molar-refractivity contribution in [2.45, 2.75) is 24.8 Å². The van der Waals surface area contributed by atoms with E-state index in [0.717, 1.165) is 12.8 Å². The van der Waals surface area contributed by atoms with E-state index in [1.165, 1.54) is 16.8 Å². The Kier molecular flexibility index (Phi) is 5.10. The van der Waals surface area contributed by atoms with Crippen molar-refractivity contribution in [2.75, 3.05) is 19.6 Å². The number of sulfonamides is 1. The fraction of sp³-hybridized carbons (Fsp3) is 0.700. The van der Waals surface area contributed by atoms with E-state index < -0.39 is 10.0 Å². The van der Waals surface area contributed by atoms with Gasteiger partial charge in [-0.2, -0.15) is 4.31 Å². The minimum atomic E-state index is -3.49. The number of rotatable bonds is 7. The largest absolute Gasteiger partial charge is 0.339 e. The quantitative estimate of drug-likeness (QED) is 0.757. The molecule has 0 amide bonds. The second-order valence-corrected chi connectivity index (χ2v) is 5.81. The second kappa shape index (κ2) is 6.13. The van der Waals surface area contributed by atoms with Gasteiger partial charge >= 0.3 is 0 Å². The summed E-state index contributed by atoms with van der Waals surface area (Å²) in [6.45, 7) is 3.16. The van der Waals surface area contributed by atoms with E-state index >= 15 is 0 Å². The maximum atomic E-state index is 12.2. The Balaban J connectivity index is 2.91. The molecule has 1 heterocycles. The molecule has 0 fully saturated rings. The van der Waals surface area contributed by atoms with Crippen molar-refractivity contribution in [1.82, 2.24) is 13.9 Å². The minimum Gasteiger partial charge on any atom is -0.339 e. The fourth-order valence-electron chi connectivity index (χ4n) is 1.48. The lowest BCUT2D eigenvalue weighted by Gasteiger charge is -2.19. The highest BCUT2D eigenvalue weighted by atomic mass is 32.2. The zero-order chi connectivity index (χ0) is 12.9. The maximum absolute atomic E-state index is 12.2. The van der Waals surface area contributed by atoms with E-state index in [-0.39, 0.29) is 5.03 Å². The van der Waals surface area contributed by atoms with Gasteiger partial charge in [0.2, 0.25) is 0 Å². The van der Waals surface area contributed by atoms with Crippen LogP contribution in [0.1, 0.15) is 19.8 Å². The second-order valence-electron chi connectivity index (χ2n) is 3.92. The van der Waals surface area contributed by atoms with Crippen molar-refractivity contribution in [3.63, 3.8) is 0 Å². The van der Waals surface area contributed by atoms with Gasteiger partial charge < -0.3 is 10.3 Å². The van der Waals surface area contributed by atoms with Gasteiger partial charge in [0.05, 0.1) is 6.33 Å². The highest BCUT2D eigenvalue weighted by Crippen LogP contribution is 2.13. The predicted octanol–water partition coefficient (Wildman–Crippen LogP) is 0.170. The summed E-state index contributed by atoms with van der Waals surface area (Å²) < 4.78 is 27.5. The molecule has 2 N–H and O–H groups in total. The van der Waals surface area contributed by atoms with Gasteiger partial charge in [0, 0.05) is 32.9 Å². The Labute approximate surface area is 102 Å². The summed E-state index contributed by atoms with van der Waals surface area (Å²) in [5.74, 6) is 0. The molecule has 98 valence electrons. The zero-order valence-electron chi connectivity index (χ0n) is 10.3. The highest BCUT2D eigenvalue weighted by Gasteiger charge is 2.25. The van der Waals surface area contributed by atoms with Crippen LogP contribution in [0.2, 0.25) is 0 Å². The number of hydrogen-bond acceptors (Lipinski definition) is 4. The van der Waals surface area contributed by atoms with Crippen molar-refractivity contribution in [3.8, 4) is 0 Å². The van der Waals surface area contributed by atoms with Gasteiger partial charge in [0.1, 0.15) is 0 Å². The Morgan fingerprint density at radius 3 is 2.65 bits per heavy atom. The van der Waals surface area contributed by atoms with Crippen LogP contribution >= 0.6 is 0 Å². The first-order valence-electron chi connectivity index (χ1n) is 5.70. The van der Waals surface area contributed by atoms with Crippen LogP contribution < -0.4 is 5.73 Å². The molecule has 0 aliphatic rings. The van der Waals surface area contributed by atoms with Gasteiger partial charge in [-0.1, -0.05) is 13.3 Å². The number of nitrogens with two attached hydrogens (primary N) is 1. The normalized spacial score (nSPS) is 12.2. The topological polar surface area (TPSA) is 81.2 Å². The van der Waals surface area contributed by atoms with Gasteiger partial charge in [0.15, 0.2) is 5.03 Å². The van der Waals surface area contributed by atoms with Gasteiger partial charge in [-0.15, -0.1) is 0 Å². The van der Waals surface area contributed by atoms with E-state index in [2.05, 4.69) is 4.98 Å². The van der Waals surface area contributed by atoms with Gasteiger partial charge in [-0.05, 0) is 6.42 Å². The van der Waals surface area contributed by atoms with Crippen LogP contribution in [0.25, 0.3) is 0 Å². The third-order valence-corrected chi connectivity index (χ3v) is 4.21. The van der Waals surface area contributed by atoms with Crippen LogP contribution in [0.5, 0.6) is 0 Å². The first kappa shape index (κ1) is 14.1. The molecule has 17 heavy (non-hydrogen) atoms. The molecule has 1 aromatic heterocycles. The molecule has 0 radical (unpaired) electrons. The molecular formula is C10H20N4O2S. The molecular weight excluding hydrogens is 240 g/mol. The third-order valence-electron chi connectivity index (χ3n) is 2.42. The molecule has 0 saturated heterocycles. The molecule has 0 bridgehead atoms. The molecule has 7 heteroatoms. The standard InChI is InChI=1S/C10H20N4O2S/c1-3-4-6-14(7-5-11)17(15,16)10-8-13(2)9-12-10/h8-9H,3-7,11H2,1-2H3. The number of unbranched alkanes of at least 4 members (excludes halogenated alkanes) is 1. The molecule has 1 rings (SSSR count). The number of aryl methyl sites for hydroxylation is 1. The van der Waals surface area contributed by atoms with Crippen LogP contribution in [0.3, 0.4) is 0 Å². The average molecular weight is 260 g/mol. The first-order chi connectivity index (χ1) is 8.02. The number of nitrogens with zero attached hydrogens (tertiary/aromatic N) is 3. The van der Waals surface area contributed by atoms with Crippen LogP contribution in [0, 0.1) is 0 Å². The third kappa shape index (κ3) is 3.52. The van der Waals surface area contributed by atoms with Gasteiger partial charge in [0.25, 0.3) is 10.0 Å². The zero-order valence-corrected chi connectivity index (χ0v) is 11.2. The first-order valence-corrected chi connectivity index (χ1v) is 7.14. The van der Waals surface area contributed by atoms with E-state index in [4.69, 9.17) is 5.73 Å². The monoisotopic (exact) mass is 260 g/mol. The number of imidazole rings is 1. The van der Waals surface area contributed by atoms with E-state index in [9.17, 15) is 8.42 Å². The van der Waals surface area contributed by atoms with Crippen molar-refractivity contribution >= 4 is 10.0 Å². The summed E-state index contributed by atoms with van der Waals surface area (Å²) in [7, 11) is -1.75. The lowest BCUT2D eigenvalue weighted by molar-refractivity contribution is 0.408. The number of hydrogen-bond donors (Lipinski definition) is 1. The highest BCUT2D eigenvalue weighted by molar-refractivity contribution is 7.89. The molecule has 0 saturated carbocycles. The summed E-state index contributed by atoms with van der Waals surface area (Å²) in [6.07, 6.45) is 4.75. The Morgan fingerprint density at radius 2 is 2.18 bits per heavy atom. The molecule has 0 atom stereocenters. The molecule has 0 aliphatic heterocycles. The molecule has 0 spiro atoms. The Hall–Kier alpha value is -0.920. The Bertz CT molecular complexity index is 441. The SMILES string of the molecule is CCCCN(CCN)S(=O)(=O)c1cn(C)cn1. The summed E-state index contributed by atoms with van der Waals surface area (Å²) in [4.78, 5) is 3.89. The lowest BCUT2D eigenvalue weighted by atomic mass is 10.3. The summed E-state index contributed by atoms with van der Waals surface area (Å²) >= 11 is 0. The summed E-state index contributed by atoms with van der Waals surface area (Å²) in [5.41, 5.74) is 5.45. The number of aromatic nitrogens is 2. The molecule has 0 aromatic carbocycles. The predicted molar refractivity (Wildman–Crippen MR) is 65.9 cm³/mol. The Morgan fingerprint density at radius 1 is 1.47 bits per heavy atom. The van der Waals surface area contributed by atoms with E-state index in [1.54, 1.807) is 11.6 Å². The van der Waals surface area contributed by atoms with Crippen LogP contribution in [0.4, 0.5) is 0 Å². The van der Waals surface area contributed by atoms with Crippen LogP contribution in [-0.2, 0) is 17.1 Å². The maximum Gasteiger partial charge on any atom is 0.262 e. The van der Waals surface area contributed by atoms with Crippen molar-refractivity contribution < 1.29 is 8.42 Å². The lowest BCUT2D eigenvalue weighted by Crippen LogP contribution is -2.36. The van der Waals surface area contributed by atoms with Gasteiger partial charge in [-0.25, -0.2) is 13.4 Å². The van der Waals surface area contributed by atoms with E-state index in [0.29, 0.717) is 19.6 Å². The summed E-state index contributed by atoms with van der Waals surface area (Å²) in [6, 6.07) is 0. The molecule has 0 unspecified atom stereocenters. The molecule has 0 aliphatic carbocycles. The smallest absolute Gasteiger partial charge is 0.262 e. The van der Waals surface area contributed by atoms with Gasteiger partial charge in [-0.3, -0.25) is 0 Å². The summed E-state index contributed by atoms with van der Waals surface area (Å²) in [5, 5.41) is 0.0875. The molecule has 1 aromatic rings. The fourth-order valence-corrected chi connectivity index (χ4v) is 2.94. The average Bonchev–Trinajstić information content (AvgIpc) is 2.71. The van der Waals surface area contributed by atoms with Crippen molar-refractivity contribution in [1.29, 1.82) is 0 Å². The molecule has 6 nitrogen and oxygen atoms in total. The van der Waals surface area contributed by atoms with Crippen molar-refractivity contribution in [2.24, 2.45) is 12.8 Å². The van der Waals surface area contributed by atoms with E-state index in [1.807, 2.05) is 6.92 Å². The van der Waals surface area contributed by atoms with Crippen molar-refractivity contribution in [3.05, 3.63) is 12.5 Å². The minimum absolute atomic E-state index is 0.0875. The van der Waals surface area contributed by atoms with Crippen LogP contribution in [0.15, 0.2) is 17.6 Å².